The number of nitrogens with zero attached hydrogens (tertiary/aromatic N) is 1. The number of hydrogen-bond acceptors (Lipinski definition) is 3. The molecule has 1 fully saturated rings. The average molecular weight is 307 g/mol. The Bertz CT molecular complexity index is 584. The van der Waals surface area contributed by atoms with Gasteiger partial charge in [0.2, 0.25) is 5.91 Å². The summed E-state index contributed by atoms with van der Waals surface area (Å²) in [6.45, 7) is 2.40. The van der Waals surface area contributed by atoms with Crippen LogP contribution in [0, 0.1) is 17.7 Å². The number of halogens is 1. The smallest absolute Gasteiger partial charge is 0.308 e. The van der Waals surface area contributed by atoms with E-state index in [2.05, 4.69) is 0 Å². The molecule has 0 bridgehead atoms. The van der Waals surface area contributed by atoms with E-state index in [-0.39, 0.29) is 37.0 Å². The van der Waals surface area contributed by atoms with E-state index in [1.807, 2.05) is 0 Å². The number of carbonyl (C=O) groups excluding carboxylic acids is 2. The molecule has 5 nitrogen and oxygen atoms in total. The van der Waals surface area contributed by atoms with E-state index >= 15 is 0 Å². The van der Waals surface area contributed by atoms with Crippen LogP contribution in [-0.2, 0) is 9.59 Å². The van der Waals surface area contributed by atoms with Gasteiger partial charge in [0.25, 0.3) is 0 Å². The molecule has 1 heterocycles. The molecule has 0 saturated carbocycles. The topological polar surface area (TPSA) is 74.7 Å². The van der Waals surface area contributed by atoms with Crippen molar-refractivity contribution in [3.8, 4) is 0 Å². The lowest BCUT2D eigenvalue weighted by Gasteiger charge is -2.15. The molecule has 1 N–H and O–H groups in total. The molecule has 2 rings (SSSR count). The van der Waals surface area contributed by atoms with E-state index in [0.29, 0.717) is 12.1 Å². The summed E-state index contributed by atoms with van der Waals surface area (Å²) in [6.07, 6.45) is 0.0718. The van der Waals surface area contributed by atoms with E-state index in [1.54, 1.807) is 6.92 Å². The summed E-state index contributed by atoms with van der Waals surface area (Å²) in [4.78, 5) is 36.5. The van der Waals surface area contributed by atoms with Crippen LogP contribution in [-0.4, -0.2) is 40.8 Å². The van der Waals surface area contributed by atoms with Crippen molar-refractivity contribution in [3.05, 3.63) is 35.6 Å². The van der Waals surface area contributed by atoms with Crippen LogP contribution in [0.1, 0.15) is 30.1 Å². The predicted octanol–water partition coefficient (Wildman–Crippen LogP) is 1.97. The Morgan fingerprint density at radius 2 is 1.82 bits per heavy atom. The van der Waals surface area contributed by atoms with E-state index < -0.39 is 17.7 Å². The molecule has 1 aromatic rings. The Balaban J connectivity index is 1.87. The molecule has 118 valence electrons. The van der Waals surface area contributed by atoms with Crippen molar-refractivity contribution in [1.82, 2.24) is 4.90 Å². The first-order valence-corrected chi connectivity index (χ1v) is 7.18. The standard InChI is InChI=1S/C16H18FNO4/c1-10-8-18(9-13(10)16(21)22)15(20)7-6-14(19)11-2-4-12(17)5-3-11/h2-5,10,13H,6-9H2,1H3,(H,21,22)/t10-,13-/m1/s1. The van der Waals surface area contributed by atoms with Gasteiger partial charge in [0.05, 0.1) is 5.92 Å². The fourth-order valence-corrected chi connectivity index (χ4v) is 2.65. The number of likely N-dealkylation sites (tertiary alicyclic amines) is 1. The third kappa shape index (κ3) is 3.69. The molecule has 2 atom stereocenters. The van der Waals surface area contributed by atoms with Gasteiger partial charge >= 0.3 is 5.97 Å². The number of carbonyl (C=O) groups is 3. The maximum Gasteiger partial charge on any atom is 0.308 e. The Labute approximate surface area is 127 Å². The summed E-state index contributed by atoms with van der Waals surface area (Å²) in [6, 6.07) is 5.18. The molecule has 0 aromatic heterocycles. The highest BCUT2D eigenvalue weighted by Crippen LogP contribution is 2.24. The van der Waals surface area contributed by atoms with Crippen LogP contribution < -0.4 is 0 Å². The molecule has 1 amide bonds. The monoisotopic (exact) mass is 307 g/mol. The van der Waals surface area contributed by atoms with Crippen LogP contribution in [0.5, 0.6) is 0 Å². The maximum atomic E-state index is 12.8. The first-order valence-electron chi connectivity index (χ1n) is 7.18. The zero-order valence-electron chi connectivity index (χ0n) is 12.3. The predicted molar refractivity (Wildman–Crippen MR) is 76.8 cm³/mol. The van der Waals surface area contributed by atoms with Gasteiger partial charge in [-0.05, 0) is 30.2 Å². The van der Waals surface area contributed by atoms with Gasteiger partial charge in [0, 0.05) is 31.5 Å². The Morgan fingerprint density at radius 1 is 1.18 bits per heavy atom. The SMILES string of the molecule is C[C@@H]1CN(C(=O)CCC(=O)c2ccc(F)cc2)C[C@H]1C(=O)O. The molecule has 1 aliphatic heterocycles. The zero-order chi connectivity index (χ0) is 16.3. The minimum Gasteiger partial charge on any atom is -0.481 e. The lowest BCUT2D eigenvalue weighted by molar-refractivity contribution is -0.142. The van der Waals surface area contributed by atoms with Gasteiger partial charge in [-0.2, -0.15) is 0 Å². The van der Waals surface area contributed by atoms with E-state index in [4.69, 9.17) is 5.11 Å². The molecule has 6 heteroatoms. The highest BCUT2D eigenvalue weighted by Gasteiger charge is 2.36. The molecule has 0 spiro atoms. The normalized spacial score (nSPS) is 20.9. The number of hydrogen-bond donors (Lipinski definition) is 1. The molecular formula is C16H18FNO4. The number of aliphatic carboxylic acids is 1. The van der Waals surface area contributed by atoms with E-state index in [0.717, 1.165) is 0 Å². The van der Waals surface area contributed by atoms with Crippen molar-refractivity contribution in [3.63, 3.8) is 0 Å². The largest absolute Gasteiger partial charge is 0.481 e. The number of carboxylic acid groups (broad SMARTS) is 1. The van der Waals surface area contributed by atoms with Crippen molar-refractivity contribution >= 4 is 17.7 Å². The molecule has 1 saturated heterocycles. The highest BCUT2D eigenvalue weighted by molar-refractivity contribution is 5.98. The summed E-state index contributed by atoms with van der Waals surface area (Å²) in [5.74, 6) is -2.39. The summed E-state index contributed by atoms with van der Waals surface area (Å²) in [5.41, 5.74) is 0.368. The van der Waals surface area contributed by atoms with Crippen molar-refractivity contribution < 1.29 is 23.9 Å². The molecule has 1 aliphatic rings. The third-order valence-corrected chi connectivity index (χ3v) is 4.01. The molecule has 0 radical (unpaired) electrons. The summed E-state index contributed by atoms with van der Waals surface area (Å²) in [5, 5.41) is 9.05. The fourth-order valence-electron chi connectivity index (χ4n) is 2.65. The minimum atomic E-state index is -0.898. The van der Waals surface area contributed by atoms with Crippen molar-refractivity contribution in [2.45, 2.75) is 19.8 Å². The number of amides is 1. The first-order chi connectivity index (χ1) is 10.4. The Morgan fingerprint density at radius 3 is 2.36 bits per heavy atom. The second-order valence-electron chi connectivity index (χ2n) is 5.65. The second kappa shape index (κ2) is 6.68. The Kier molecular flexibility index (Phi) is 4.90. The second-order valence-corrected chi connectivity index (χ2v) is 5.65. The van der Waals surface area contributed by atoms with Gasteiger partial charge in [0.15, 0.2) is 5.78 Å². The lowest BCUT2D eigenvalue weighted by Crippen LogP contribution is -2.30. The quantitative estimate of drug-likeness (QED) is 0.844. The van der Waals surface area contributed by atoms with Gasteiger partial charge in [-0.15, -0.1) is 0 Å². The zero-order valence-corrected chi connectivity index (χ0v) is 12.3. The van der Waals surface area contributed by atoms with E-state index in [1.165, 1.54) is 29.2 Å². The molecule has 0 aliphatic carbocycles. The van der Waals surface area contributed by atoms with Crippen molar-refractivity contribution in [2.75, 3.05) is 13.1 Å². The van der Waals surface area contributed by atoms with Crippen LogP contribution >= 0.6 is 0 Å². The number of carboxylic acids is 1. The third-order valence-electron chi connectivity index (χ3n) is 4.01. The van der Waals surface area contributed by atoms with Gasteiger partial charge in [-0.1, -0.05) is 6.92 Å². The number of Topliss-reactive ketones (excluding diaryl/α,β-unsaturated/α-hetero) is 1. The van der Waals surface area contributed by atoms with Gasteiger partial charge in [0.1, 0.15) is 5.82 Å². The lowest BCUT2D eigenvalue weighted by atomic mass is 9.99. The molecule has 1 aromatic carbocycles. The fraction of sp³-hybridized carbons (Fsp3) is 0.438. The molecule has 22 heavy (non-hydrogen) atoms. The highest BCUT2D eigenvalue weighted by atomic mass is 19.1. The average Bonchev–Trinajstić information content (AvgIpc) is 2.87. The van der Waals surface area contributed by atoms with Gasteiger partial charge in [-0.3, -0.25) is 14.4 Å². The first kappa shape index (κ1) is 16.1. The molecule has 0 unspecified atom stereocenters. The number of benzene rings is 1. The van der Waals surface area contributed by atoms with E-state index in [9.17, 15) is 18.8 Å². The van der Waals surface area contributed by atoms with Crippen LogP contribution in [0.25, 0.3) is 0 Å². The molecular weight excluding hydrogens is 289 g/mol. The summed E-state index contributed by atoms with van der Waals surface area (Å²) < 4.78 is 12.8. The summed E-state index contributed by atoms with van der Waals surface area (Å²) >= 11 is 0. The van der Waals surface area contributed by atoms with Crippen molar-refractivity contribution in [1.29, 1.82) is 0 Å². The van der Waals surface area contributed by atoms with Crippen LogP contribution in [0.4, 0.5) is 4.39 Å². The van der Waals surface area contributed by atoms with Crippen molar-refractivity contribution in [2.24, 2.45) is 11.8 Å². The van der Waals surface area contributed by atoms with Gasteiger partial charge in [-0.25, -0.2) is 4.39 Å². The maximum absolute atomic E-state index is 12.8. The number of ketones is 1. The van der Waals surface area contributed by atoms with Crippen LogP contribution in [0.15, 0.2) is 24.3 Å². The Hall–Kier alpha value is -2.24. The van der Waals surface area contributed by atoms with Crippen LogP contribution in [0.2, 0.25) is 0 Å². The summed E-state index contributed by atoms with van der Waals surface area (Å²) in [7, 11) is 0. The van der Waals surface area contributed by atoms with Crippen LogP contribution in [0.3, 0.4) is 0 Å². The number of rotatable bonds is 5. The minimum absolute atomic E-state index is 0.0348. The van der Waals surface area contributed by atoms with Gasteiger partial charge < -0.3 is 10.0 Å².